The van der Waals surface area contributed by atoms with Gasteiger partial charge in [-0.2, -0.15) is 0 Å². The molecule has 27 heavy (non-hydrogen) atoms. The van der Waals surface area contributed by atoms with Gasteiger partial charge in [-0.3, -0.25) is 20.4 Å². The van der Waals surface area contributed by atoms with Crippen LogP contribution in [0.3, 0.4) is 0 Å². The monoisotopic (exact) mass is 378 g/mol. The molecular weight excluding hydrogens is 352 g/mol. The molecule has 1 saturated heterocycles. The van der Waals surface area contributed by atoms with Crippen LogP contribution in [0.25, 0.3) is 0 Å². The molecule has 4 N–H and O–H groups in total. The van der Waals surface area contributed by atoms with Crippen LogP contribution in [0.5, 0.6) is 11.5 Å². The predicted molar refractivity (Wildman–Crippen MR) is 97.9 cm³/mol. The van der Waals surface area contributed by atoms with E-state index in [1.165, 1.54) is 4.90 Å². The van der Waals surface area contributed by atoms with Crippen molar-refractivity contribution < 1.29 is 23.9 Å². The van der Waals surface area contributed by atoms with E-state index in [9.17, 15) is 14.4 Å². The fraction of sp³-hybridized carbons (Fsp3) is 0.500. The van der Waals surface area contributed by atoms with Gasteiger partial charge >= 0.3 is 6.03 Å². The molecule has 0 saturated carbocycles. The molecule has 4 amide bonds. The lowest BCUT2D eigenvalue weighted by molar-refractivity contribution is -0.134. The van der Waals surface area contributed by atoms with Crippen molar-refractivity contribution in [1.82, 2.24) is 15.8 Å². The Labute approximate surface area is 158 Å². The van der Waals surface area contributed by atoms with Gasteiger partial charge in [-0.05, 0) is 51.0 Å². The van der Waals surface area contributed by atoms with Crippen molar-refractivity contribution >= 4 is 17.8 Å². The largest absolute Gasteiger partial charge is 0.494 e. The molecule has 9 nitrogen and oxygen atoms in total. The minimum atomic E-state index is -0.809. The molecule has 1 heterocycles. The van der Waals surface area contributed by atoms with E-state index in [1.54, 1.807) is 31.2 Å². The van der Waals surface area contributed by atoms with Crippen LogP contribution in [0.2, 0.25) is 0 Å². The summed E-state index contributed by atoms with van der Waals surface area (Å²) < 4.78 is 10.9. The number of carbonyl (C=O) groups excluding carboxylic acids is 3. The van der Waals surface area contributed by atoms with Crippen molar-refractivity contribution in [2.75, 3.05) is 19.7 Å². The maximum atomic E-state index is 12.2. The Morgan fingerprint density at radius 1 is 1.22 bits per heavy atom. The number of urea groups is 1. The van der Waals surface area contributed by atoms with Gasteiger partial charge in [0.2, 0.25) is 5.91 Å². The summed E-state index contributed by atoms with van der Waals surface area (Å²) in [4.78, 5) is 37.0. The summed E-state index contributed by atoms with van der Waals surface area (Å²) >= 11 is 0. The second kappa shape index (κ2) is 9.65. The molecule has 0 aliphatic carbocycles. The lowest BCUT2D eigenvalue weighted by atomic mass is 9.98. The minimum Gasteiger partial charge on any atom is -0.494 e. The highest BCUT2D eigenvalue weighted by Crippen LogP contribution is 2.19. The third kappa shape index (κ3) is 6.05. The van der Waals surface area contributed by atoms with Crippen molar-refractivity contribution in [2.45, 2.75) is 32.8 Å². The number of primary amides is 1. The van der Waals surface area contributed by atoms with Crippen molar-refractivity contribution in [3.05, 3.63) is 24.3 Å². The number of hydrazine groups is 1. The summed E-state index contributed by atoms with van der Waals surface area (Å²) in [6.07, 6.45) is 0.507. The number of piperidine rings is 1. The van der Waals surface area contributed by atoms with E-state index < -0.39 is 24.0 Å². The zero-order valence-electron chi connectivity index (χ0n) is 15.6. The summed E-state index contributed by atoms with van der Waals surface area (Å²) in [7, 11) is 0. The molecule has 2 atom stereocenters. The first kappa shape index (κ1) is 20.3. The zero-order valence-corrected chi connectivity index (χ0v) is 15.6. The van der Waals surface area contributed by atoms with E-state index in [1.807, 2.05) is 6.92 Å². The predicted octanol–water partition coefficient (Wildman–Crippen LogP) is 0.791. The number of carbonyl (C=O) groups is 3. The maximum Gasteiger partial charge on any atom is 0.314 e. The number of likely N-dealkylation sites (tertiary alicyclic amines) is 1. The Bertz CT molecular complexity index is 664. The number of ether oxygens (including phenoxy) is 2. The molecule has 148 valence electrons. The van der Waals surface area contributed by atoms with Crippen LogP contribution in [-0.4, -0.2) is 48.5 Å². The van der Waals surface area contributed by atoms with Gasteiger partial charge in [-0.1, -0.05) is 0 Å². The Morgan fingerprint density at radius 3 is 2.52 bits per heavy atom. The van der Waals surface area contributed by atoms with Crippen molar-refractivity contribution in [3.8, 4) is 11.5 Å². The average Bonchev–Trinajstić information content (AvgIpc) is 2.67. The minimum absolute atomic E-state index is 0.245. The molecule has 0 spiro atoms. The smallest absolute Gasteiger partial charge is 0.314 e. The van der Waals surface area contributed by atoms with E-state index in [-0.39, 0.29) is 12.5 Å². The standard InChI is InChI=1S/C18H26N4O5/c1-3-26-14-6-8-15(9-7-14)27-12(2)16(23)20-21-17(24)13-5-4-10-22(11-13)18(19)25/h6-9,12-13H,3-5,10-11H2,1-2H3,(H2,19,25)(H,20,23)(H,21,24)/t12-,13-/m0/s1. The number of benzene rings is 1. The number of nitrogens with one attached hydrogen (secondary N) is 2. The molecule has 9 heteroatoms. The van der Waals surface area contributed by atoms with Crippen LogP contribution in [0.15, 0.2) is 24.3 Å². The second-order valence-electron chi connectivity index (χ2n) is 6.27. The van der Waals surface area contributed by atoms with E-state index >= 15 is 0 Å². The number of nitrogens with two attached hydrogens (primary N) is 1. The van der Waals surface area contributed by atoms with Crippen LogP contribution in [0, 0.1) is 5.92 Å². The molecule has 0 bridgehead atoms. The van der Waals surface area contributed by atoms with Gasteiger partial charge in [0.1, 0.15) is 11.5 Å². The highest BCUT2D eigenvalue weighted by atomic mass is 16.5. The molecule has 0 radical (unpaired) electrons. The number of amides is 4. The summed E-state index contributed by atoms with van der Waals surface area (Å²) in [5, 5.41) is 0. The summed E-state index contributed by atoms with van der Waals surface area (Å²) in [6, 6.07) is 6.35. The Morgan fingerprint density at radius 2 is 1.89 bits per heavy atom. The van der Waals surface area contributed by atoms with Gasteiger partial charge < -0.3 is 20.1 Å². The van der Waals surface area contributed by atoms with Crippen LogP contribution < -0.4 is 26.1 Å². The fourth-order valence-corrected chi connectivity index (χ4v) is 2.76. The molecule has 0 aromatic heterocycles. The number of rotatable bonds is 6. The molecular formula is C18H26N4O5. The van der Waals surface area contributed by atoms with Crippen LogP contribution >= 0.6 is 0 Å². The molecule has 1 aromatic rings. The Hall–Kier alpha value is -2.97. The SMILES string of the molecule is CCOc1ccc(O[C@@H](C)C(=O)NNC(=O)[C@H]2CCCN(C(N)=O)C2)cc1. The van der Waals surface area contributed by atoms with Crippen molar-refractivity contribution in [3.63, 3.8) is 0 Å². The van der Waals surface area contributed by atoms with E-state index in [0.29, 0.717) is 37.5 Å². The second-order valence-corrected chi connectivity index (χ2v) is 6.27. The number of nitrogens with zero attached hydrogens (tertiary/aromatic N) is 1. The molecule has 1 fully saturated rings. The molecule has 1 aromatic carbocycles. The lowest BCUT2D eigenvalue weighted by Gasteiger charge is -2.30. The van der Waals surface area contributed by atoms with E-state index in [2.05, 4.69) is 10.9 Å². The number of hydrogen-bond acceptors (Lipinski definition) is 5. The first-order valence-corrected chi connectivity index (χ1v) is 8.94. The summed E-state index contributed by atoms with van der Waals surface area (Å²) in [5.74, 6) is -0.0280. The number of hydrogen-bond donors (Lipinski definition) is 3. The lowest BCUT2D eigenvalue weighted by Crippen LogP contribution is -2.52. The Balaban J connectivity index is 1.78. The summed E-state index contributed by atoms with van der Waals surface area (Å²) in [5.41, 5.74) is 9.99. The highest BCUT2D eigenvalue weighted by molar-refractivity contribution is 5.86. The van der Waals surface area contributed by atoms with Gasteiger partial charge in [0.15, 0.2) is 6.10 Å². The van der Waals surface area contributed by atoms with Gasteiger partial charge in [0, 0.05) is 13.1 Å². The van der Waals surface area contributed by atoms with Crippen molar-refractivity contribution in [2.24, 2.45) is 11.7 Å². The average molecular weight is 378 g/mol. The summed E-state index contributed by atoms with van der Waals surface area (Å²) in [6.45, 7) is 4.82. The van der Waals surface area contributed by atoms with Crippen molar-refractivity contribution in [1.29, 1.82) is 0 Å². The van der Waals surface area contributed by atoms with Crippen LogP contribution in [0.1, 0.15) is 26.7 Å². The van der Waals surface area contributed by atoms with E-state index in [0.717, 1.165) is 0 Å². The van der Waals surface area contributed by atoms with E-state index in [4.69, 9.17) is 15.2 Å². The molecule has 1 aliphatic rings. The molecule has 1 aliphatic heterocycles. The van der Waals surface area contributed by atoms with Gasteiger partial charge in [-0.25, -0.2) is 4.79 Å². The maximum absolute atomic E-state index is 12.2. The van der Waals surface area contributed by atoms with Gasteiger partial charge in [0.05, 0.1) is 12.5 Å². The highest BCUT2D eigenvalue weighted by Gasteiger charge is 2.28. The normalized spacial score (nSPS) is 17.6. The molecule has 0 unspecified atom stereocenters. The van der Waals surface area contributed by atoms with Crippen LogP contribution in [-0.2, 0) is 9.59 Å². The first-order valence-electron chi connectivity index (χ1n) is 8.94. The third-order valence-electron chi connectivity index (χ3n) is 4.23. The Kier molecular flexibility index (Phi) is 7.27. The topological polar surface area (TPSA) is 123 Å². The van der Waals surface area contributed by atoms with Gasteiger partial charge in [-0.15, -0.1) is 0 Å². The van der Waals surface area contributed by atoms with Gasteiger partial charge in [0.25, 0.3) is 5.91 Å². The third-order valence-corrected chi connectivity index (χ3v) is 4.23. The fourth-order valence-electron chi connectivity index (χ4n) is 2.76. The quantitative estimate of drug-likeness (QED) is 0.632. The first-order chi connectivity index (χ1) is 12.9. The zero-order chi connectivity index (χ0) is 19.8. The van der Waals surface area contributed by atoms with Crippen LogP contribution in [0.4, 0.5) is 4.79 Å². The molecule has 2 rings (SSSR count).